The molecule has 0 aromatic carbocycles. The van der Waals surface area contributed by atoms with Crippen LogP contribution in [0.25, 0.3) is 0 Å². The standard InChI is InChI=1S/C11H21N5OS/c1-4-6-16-9(7-12)13-14-11(16)18-8-10(17)15(3)5-2/h4-8,12H2,1-3H3. The van der Waals surface area contributed by atoms with E-state index in [4.69, 9.17) is 5.73 Å². The van der Waals surface area contributed by atoms with Crippen LogP contribution in [-0.4, -0.2) is 44.9 Å². The lowest BCUT2D eigenvalue weighted by Crippen LogP contribution is -2.27. The van der Waals surface area contributed by atoms with E-state index in [9.17, 15) is 4.79 Å². The second kappa shape index (κ2) is 7.38. The van der Waals surface area contributed by atoms with Crippen LogP contribution in [0.2, 0.25) is 0 Å². The largest absolute Gasteiger partial charge is 0.345 e. The highest BCUT2D eigenvalue weighted by molar-refractivity contribution is 7.99. The van der Waals surface area contributed by atoms with Crippen molar-refractivity contribution < 1.29 is 4.79 Å². The van der Waals surface area contributed by atoms with Gasteiger partial charge in [0.25, 0.3) is 0 Å². The summed E-state index contributed by atoms with van der Waals surface area (Å²) in [5.41, 5.74) is 5.61. The lowest BCUT2D eigenvalue weighted by Gasteiger charge is -2.14. The van der Waals surface area contributed by atoms with Gasteiger partial charge < -0.3 is 15.2 Å². The van der Waals surface area contributed by atoms with Gasteiger partial charge in [-0.05, 0) is 13.3 Å². The second-order valence-electron chi connectivity index (χ2n) is 3.95. The summed E-state index contributed by atoms with van der Waals surface area (Å²) in [4.78, 5) is 13.4. The molecule has 0 atom stereocenters. The Labute approximate surface area is 112 Å². The first-order valence-corrected chi connectivity index (χ1v) is 7.11. The van der Waals surface area contributed by atoms with Crippen LogP contribution in [0.1, 0.15) is 26.1 Å². The van der Waals surface area contributed by atoms with E-state index in [0.717, 1.165) is 30.5 Å². The summed E-state index contributed by atoms with van der Waals surface area (Å²) in [6, 6.07) is 0. The van der Waals surface area contributed by atoms with Gasteiger partial charge in [-0.2, -0.15) is 0 Å². The number of carbonyl (C=O) groups is 1. The van der Waals surface area contributed by atoms with E-state index < -0.39 is 0 Å². The molecular formula is C11H21N5OS. The van der Waals surface area contributed by atoms with E-state index in [2.05, 4.69) is 17.1 Å². The molecule has 7 heteroatoms. The van der Waals surface area contributed by atoms with Gasteiger partial charge in [0.05, 0.1) is 12.3 Å². The summed E-state index contributed by atoms with van der Waals surface area (Å²) >= 11 is 1.42. The van der Waals surface area contributed by atoms with Crippen molar-refractivity contribution in [2.24, 2.45) is 5.73 Å². The minimum Gasteiger partial charge on any atom is -0.345 e. The Hall–Kier alpha value is -1.08. The van der Waals surface area contributed by atoms with Crippen molar-refractivity contribution in [2.75, 3.05) is 19.3 Å². The van der Waals surface area contributed by atoms with Crippen molar-refractivity contribution in [2.45, 2.75) is 38.5 Å². The van der Waals surface area contributed by atoms with Gasteiger partial charge in [-0.25, -0.2) is 0 Å². The summed E-state index contributed by atoms with van der Waals surface area (Å²) in [5, 5.41) is 8.90. The third-order valence-corrected chi connectivity index (χ3v) is 3.60. The van der Waals surface area contributed by atoms with Crippen LogP contribution in [0.15, 0.2) is 5.16 Å². The smallest absolute Gasteiger partial charge is 0.232 e. The predicted octanol–water partition coefficient (Wildman–Crippen LogP) is 0.717. The van der Waals surface area contributed by atoms with E-state index in [0.29, 0.717) is 12.3 Å². The fraction of sp³-hybridized carbons (Fsp3) is 0.727. The first-order valence-electron chi connectivity index (χ1n) is 6.12. The zero-order chi connectivity index (χ0) is 13.5. The Bertz CT molecular complexity index is 393. The van der Waals surface area contributed by atoms with Crippen molar-refractivity contribution in [3.63, 3.8) is 0 Å². The molecule has 0 saturated carbocycles. The number of rotatable bonds is 7. The van der Waals surface area contributed by atoms with Crippen LogP contribution in [-0.2, 0) is 17.9 Å². The highest BCUT2D eigenvalue weighted by Crippen LogP contribution is 2.17. The van der Waals surface area contributed by atoms with E-state index in [1.165, 1.54) is 11.8 Å². The monoisotopic (exact) mass is 271 g/mol. The van der Waals surface area contributed by atoms with Crippen molar-refractivity contribution >= 4 is 17.7 Å². The van der Waals surface area contributed by atoms with Crippen LogP contribution in [0, 0.1) is 0 Å². The Morgan fingerprint density at radius 3 is 2.72 bits per heavy atom. The van der Waals surface area contributed by atoms with Gasteiger partial charge in [0, 0.05) is 20.1 Å². The third kappa shape index (κ3) is 3.71. The zero-order valence-corrected chi connectivity index (χ0v) is 12.0. The summed E-state index contributed by atoms with van der Waals surface area (Å²) in [5.74, 6) is 1.26. The Kier molecular flexibility index (Phi) is 6.14. The maximum absolute atomic E-state index is 11.7. The summed E-state index contributed by atoms with van der Waals surface area (Å²) in [6.45, 7) is 5.96. The normalized spacial score (nSPS) is 10.7. The molecule has 1 aromatic rings. The van der Waals surface area contributed by atoms with Gasteiger partial charge >= 0.3 is 0 Å². The average molecular weight is 271 g/mol. The molecule has 2 N–H and O–H groups in total. The number of aromatic nitrogens is 3. The molecule has 1 aromatic heterocycles. The third-order valence-electron chi connectivity index (χ3n) is 2.65. The van der Waals surface area contributed by atoms with Crippen LogP contribution in [0.3, 0.4) is 0 Å². The predicted molar refractivity (Wildman–Crippen MR) is 72.2 cm³/mol. The average Bonchev–Trinajstić information content (AvgIpc) is 2.77. The molecule has 6 nitrogen and oxygen atoms in total. The van der Waals surface area contributed by atoms with Crippen LogP contribution in [0.4, 0.5) is 0 Å². The van der Waals surface area contributed by atoms with Gasteiger partial charge in [-0.15, -0.1) is 10.2 Å². The van der Waals surface area contributed by atoms with E-state index in [1.807, 2.05) is 11.5 Å². The summed E-state index contributed by atoms with van der Waals surface area (Å²) < 4.78 is 1.99. The first kappa shape index (κ1) is 15.0. The maximum atomic E-state index is 11.7. The van der Waals surface area contributed by atoms with Crippen molar-refractivity contribution in [1.82, 2.24) is 19.7 Å². The van der Waals surface area contributed by atoms with Crippen molar-refractivity contribution in [1.29, 1.82) is 0 Å². The van der Waals surface area contributed by atoms with E-state index >= 15 is 0 Å². The SMILES string of the molecule is CCCn1c(CN)nnc1SCC(=O)N(C)CC. The molecule has 0 fully saturated rings. The molecule has 18 heavy (non-hydrogen) atoms. The number of nitrogens with zero attached hydrogens (tertiary/aromatic N) is 4. The Balaban J connectivity index is 2.67. The minimum atomic E-state index is 0.0999. The molecule has 0 saturated heterocycles. The van der Waals surface area contributed by atoms with Gasteiger partial charge in [0.15, 0.2) is 5.16 Å². The highest BCUT2D eigenvalue weighted by atomic mass is 32.2. The Morgan fingerprint density at radius 2 is 2.17 bits per heavy atom. The molecular weight excluding hydrogens is 250 g/mol. The number of carbonyl (C=O) groups excluding carboxylic acids is 1. The van der Waals surface area contributed by atoms with Crippen molar-refractivity contribution in [3.8, 4) is 0 Å². The van der Waals surface area contributed by atoms with Gasteiger partial charge in [-0.3, -0.25) is 4.79 Å². The van der Waals surface area contributed by atoms with Crippen LogP contribution < -0.4 is 5.73 Å². The molecule has 102 valence electrons. The van der Waals surface area contributed by atoms with E-state index in [-0.39, 0.29) is 5.91 Å². The Morgan fingerprint density at radius 1 is 1.44 bits per heavy atom. The minimum absolute atomic E-state index is 0.0999. The molecule has 0 aliphatic rings. The number of hydrogen-bond donors (Lipinski definition) is 1. The number of thioether (sulfide) groups is 1. The van der Waals surface area contributed by atoms with Crippen molar-refractivity contribution in [3.05, 3.63) is 5.82 Å². The molecule has 0 radical (unpaired) electrons. The quantitative estimate of drug-likeness (QED) is 0.739. The fourth-order valence-corrected chi connectivity index (χ4v) is 2.36. The highest BCUT2D eigenvalue weighted by Gasteiger charge is 2.13. The van der Waals surface area contributed by atoms with E-state index in [1.54, 1.807) is 11.9 Å². The zero-order valence-electron chi connectivity index (χ0n) is 11.2. The van der Waals surface area contributed by atoms with Gasteiger partial charge in [0.1, 0.15) is 5.82 Å². The van der Waals surface area contributed by atoms with Crippen LogP contribution >= 0.6 is 11.8 Å². The molecule has 0 unspecified atom stereocenters. The first-order chi connectivity index (χ1) is 8.63. The summed E-state index contributed by atoms with van der Waals surface area (Å²) in [6.07, 6.45) is 0.988. The lowest BCUT2D eigenvalue weighted by molar-refractivity contribution is -0.126. The molecule has 0 aliphatic carbocycles. The maximum Gasteiger partial charge on any atom is 0.232 e. The second-order valence-corrected chi connectivity index (χ2v) is 4.89. The molecule has 1 rings (SSSR count). The van der Waals surface area contributed by atoms with Crippen LogP contribution in [0.5, 0.6) is 0 Å². The number of hydrogen-bond acceptors (Lipinski definition) is 5. The molecule has 0 aliphatic heterocycles. The van der Waals surface area contributed by atoms with Gasteiger partial charge in [-0.1, -0.05) is 18.7 Å². The summed E-state index contributed by atoms with van der Waals surface area (Å²) in [7, 11) is 1.80. The number of amides is 1. The lowest BCUT2D eigenvalue weighted by atomic mass is 10.4. The molecule has 1 heterocycles. The molecule has 0 spiro atoms. The topological polar surface area (TPSA) is 77.0 Å². The molecule has 0 bridgehead atoms. The number of nitrogens with two attached hydrogens (primary N) is 1. The molecule has 1 amide bonds. The van der Waals surface area contributed by atoms with Gasteiger partial charge in [0.2, 0.25) is 5.91 Å². The fourth-order valence-electron chi connectivity index (χ4n) is 1.44.